The molecule has 0 bridgehead atoms. The Bertz CT molecular complexity index is 703. The number of non-ortho nitro benzene ring substituents is 1. The summed E-state index contributed by atoms with van der Waals surface area (Å²) in [4.78, 5) is 31.4. The van der Waals surface area contributed by atoms with E-state index in [4.69, 9.17) is 0 Å². The van der Waals surface area contributed by atoms with Crippen molar-refractivity contribution >= 4 is 18.0 Å². The van der Waals surface area contributed by atoms with E-state index in [9.17, 15) is 25.0 Å². The molecular weight excluding hydrogens is 276 g/mol. The van der Waals surface area contributed by atoms with E-state index in [2.05, 4.69) is 0 Å². The number of aldehydes is 1. The van der Waals surface area contributed by atoms with Crippen LogP contribution in [0.25, 0.3) is 6.08 Å². The first-order chi connectivity index (χ1) is 10.0. The van der Waals surface area contributed by atoms with E-state index in [0.717, 1.165) is 0 Å². The Morgan fingerprint density at radius 3 is 2.48 bits per heavy atom. The smallest absolute Gasteiger partial charge is 0.270 e. The highest BCUT2D eigenvalue weighted by Gasteiger charge is 2.20. The molecule has 7 nitrogen and oxygen atoms in total. The maximum Gasteiger partial charge on any atom is 0.270 e. The number of nitro benzene ring substituents is 1. The quantitative estimate of drug-likeness (QED) is 0.480. The molecule has 1 atom stereocenters. The van der Waals surface area contributed by atoms with E-state index in [0.29, 0.717) is 17.4 Å². The molecular formula is C14H10N2O5. The minimum absolute atomic E-state index is 0.0617. The fourth-order valence-corrected chi connectivity index (χ4v) is 1.93. The summed E-state index contributed by atoms with van der Waals surface area (Å²) >= 11 is 0. The number of nitrogens with zero attached hydrogens (tertiary/aromatic N) is 2. The molecule has 0 aliphatic heterocycles. The van der Waals surface area contributed by atoms with E-state index in [1.165, 1.54) is 36.4 Å². The van der Waals surface area contributed by atoms with E-state index < -0.39 is 15.8 Å². The lowest BCUT2D eigenvalue weighted by Crippen LogP contribution is -2.09. The van der Waals surface area contributed by atoms with Crippen LogP contribution in [0, 0.1) is 26.1 Å². The third-order valence-corrected chi connectivity index (χ3v) is 2.95. The van der Waals surface area contributed by atoms with Crippen LogP contribution in [0.15, 0.2) is 53.8 Å². The molecule has 1 aromatic rings. The highest BCUT2D eigenvalue weighted by molar-refractivity contribution is 5.72. The molecule has 1 aliphatic carbocycles. The van der Waals surface area contributed by atoms with Gasteiger partial charge in [-0.15, -0.1) is 0 Å². The van der Waals surface area contributed by atoms with Gasteiger partial charge in [0.25, 0.3) is 11.4 Å². The summed E-state index contributed by atoms with van der Waals surface area (Å²) in [7, 11) is 0. The summed E-state index contributed by atoms with van der Waals surface area (Å²) in [6.45, 7) is 0. The minimum atomic E-state index is -0.741. The molecule has 0 saturated heterocycles. The van der Waals surface area contributed by atoms with Gasteiger partial charge in [-0.25, -0.2) is 0 Å². The average molecular weight is 286 g/mol. The number of carbonyl (C=O) groups is 1. The van der Waals surface area contributed by atoms with Crippen LogP contribution in [-0.2, 0) is 4.79 Å². The monoisotopic (exact) mass is 286 g/mol. The van der Waals surface area contributed by atoms with Crippen LogP contribution in [0.3, 0.4) is 0 Å². The number of allylic oxidation sites excluding steroid dienone is 4. The van der Waals surface area contributed by atoms with Gasteiger partial charge in [0.15, 0.2) is 0 Å². The summed E-state index contributed by atoms with van der Waals surface area (Å²) in [5.41, 5.74) is 0.876. The van der Waals surface area contributed by atoms with Crippen molar-refractivity contribution < 1.29 is 14.6 Å². The largest absolute Gasteiger partial charge is 0.302 e. The molecule has 0 fully saturated rings. The predicted octanol–water partition coefficient (Wildman–Crippen LogP) is 2.52. The van der Waals surface area contributed by atoms with E-state index in [-0.39, 0.29) is 11.4 Å². The van der Waals surface area contributed by atoms with E-state index >= 15 is 0 Å². The van der Waals surface area contributed by atoms with Crippen molar-refractivity contribution in [2.24, 2.45) is 5.92 Å². The summed E-state index contributed by atoms with van der Waals surface area (Å²) in [5, 5.41) is 21.4. The molecule has 7 heteroatoms. The molecule has 0 spiro atoms. The summed E-state index contributed by atoms with van der Waals surface area (Å²) in [6, 6.07) is 5.92. The molecule has 2 rings (SSSR count). The Kier molecular flexibility index (Phi) is 4.03. The van der Waals surface area contributed by atoms with Crippen LogP contribution in [-0.4, -0.2) is 16.1 Å². The van der Waals surface area contributed by atoms with Gasteiger partial charge in [0.05, 0.1) is 15.8 Å². The third kappa shape index (κ3) is 3.27. The van der Waals surface area contributed by atoms with Gasteiger partial charge in [-0.2, -0.15) is 0 Å². The van der Waals surface area contributed by atoms with Crippen molar-refractivity contribution in [1.82, 2.24) is 0 Å². The second kappa shape index (κ2) is 5.91. The fourth-order valence-electron chi connectivity index (χ4n) is 1.93. The molecule has 0 amide bonds. The number of hydrogen-bond acceptors (Lipinski definition) is 5. The molecule has 0 aromatic heterocycles. The van der Waals surface area contributed by atoms with Gasteiger partial charge in [-0.05, 0) is 11.1 Å². The number of benzene rings is 1. The Hall–Kier alpha value is -3.09. The number of hydrogen-bond donors (Lipinski definition) is 0. The first kappa shape index (κ1) is 14.3. The normalized spacial score (nSPS) is 19.1. The van der Waals surface area contributed by atoms with Gasteiger partial charge >= 0.3 is 0 Å². The molecule has 1 unspecified atom stereocenters. The average Bonchev–Trinajstić information content (AvgIpc) is 2.47. The zero-order valence-electron chi connectivity index (χ0n) is 10.7. The number of rotatable bonds is 4. The standard InChI is InChI=1S/C14H10N2O5/c17-9-12-8-14(16(20)21)5-4-11(12)6-10-2-1-3-13(7-10)15(18)19/h1-9,12H. The zero-order valence-corrected chi connectivity index (χ0v) is 10.7. The number of nitro groups is 2. The summed E-state index contributed by atoms with van der Waals surface area (Å²) < 4.78 is 0. The Morgan fingerprint density at radius 2 is 1.86 bits per heavy atom. The van der Waals surface area contributed by atoms with Crippen LogP contribution in [0.4, 0.5) is 5.69 Å². The van der Waals surface area contributed by atoms with Crippen LogP contribution < -0.4 is 0 Å². The molecule has 21 heavy (non-hydrogen) atoms. The molecule has 0 radical (unpaired) electrons. The van der Waals surface area contributed by atoms with Crippen molar-refractivity contribution in [2.75, 3.05) is 0 Å². The molecule has 1 aromatic carbocycles. The van der Waals surface area contributed by atoms with E-state index in [1.54, 1.807) is 12.1 Å². The van der Waals surface area contributed by atoms with Gasteiger partial charge in [-0.3, -0.25) is 20.2 Å². The maximum atomic E-state index is 11.1. The van der Waals surface area contributed by atoms with Crippen molar-refractivity contribution in [3.8, 4) is 0 Å². The van der Waals surface area contributed by atoms with Crippen molar-refractivity contribution in [1.29, 1.82) is 0 Å². The SMILES string of the molecule is O=CC1C=C([N+](=O)[O-])C=CC1=Cc1cccc([N+](=O)[O-])c1. The molecule has 0 saturated carbocycles. The van der Waals surface area contributed by atoms with Crippen molar-refractivity contribution in [2.45, 2.75) is 0 Å². The van der Waals surface area contributed by atoms with Gasteiger partial charge < -0.3 is 4.79 Å². The molecule has 1 aliphatic rings. The maximum absolute atomic E-state index is 11.1. The lowest BCUT2D eigenvalue weighted by Gasteiger charge is -2.11. The Balaban J connectivity index is 2.36. The molecule has 0 heterocycles. The van der Waals surface area contributed by atoms with Crippen LogP contribution in [0.1, 0.15) is 5.56 Å². The number of carbonyl (C=O) groups excluding carboxylic acids is 1. The highest BCUT2D eigenvalue weighted by Crippen LogP contribution is 2.24. The molecule has 106 valence electrons. The van der Waals surface area contributed by atoms with Gasteiger partial charge in [-0.1, -0.05) is 24.3 Å². The second-order valence-electron chi connectivity index (χ2n) is 4.34. The van der Waals surface area contributed by atoms with Crippen LogP contribution in [0.2, 0.25) is 0 Å². The Morgan fingerprint density at radius 1 is 1.10 bits per heavy atom. The molecule has 0 N–H and O–H groups in total. The van der Waals surface area contributed by atoms with Crippen LogP contribution in [0.5, 0.6) is 0 Å². The van der Waals surface area contributed by atoms with E-state index in [1.807, 2.05) is 0 Å². The summed E-state index contributed by atoms with van der Waals surface area (Å²) in [6.07, 6.45) is 6.20. The minimum Gasteiger partial charge on any atom is -0.302 e. The van der Waals surface area contributed by atoms with Crippen molar-refractivity contribution in [3.63, 3.8) is 0 Å². The van der Waals surface area contributed by atoms with Crippen molar-refractivity contribution in [3.05, 3.63) is 79.6 Å². The predicted molar refractivity (Wildman–Crippen MR) is 74.8 cm³/mol. The van der Waals surface area contributed by atoms with Gasteiger partial charge in [0.1, 0.15) is 6.29 Å². The first-order valence-corrected chi connectivity index (χ1v) is 5.97. The zero-order chi connectivity index (χ0) is 15.4. The Labute approximate surface area is 119 Å². The lowest BCUT2D eigenvalue weighted by atomic mass is 9.93. The topological polar surface area (TPSA) is 103 Å². The second-order valence-corrected chi connectivity index (χ2v) is 4.34. The first-order valence-electron chi connectivity index (χ1n) is 5.97. The highest BCUT2D eigenvalue weighted by atomic mass is 16.6. The lowest BCUT2D eigenvalue weighted by molar-refractivity contribution is -0.419. The van der Waals surface area contributed by atoms with Gasteiger partial charge in [0, 0.05) is 24.3 Å². The van der Waals surface area contributed by atoms with Crippen LogP contribution >= 0.6 is 0 Å². The fraction of sp³-hybridized carbons (Fsp3) is 0.0714. The third-order valence-electron chi connectivity index (χ3n) is 2.95. The van der Waals surface area contributed by atoms with Gasteiger partial charge in [0.2, 0.25) is 0 Å². The summed E-state index contributed by atoms with van der Waals surface area (Å²) in [5.74, 6) is -0.741.